The van der Waals surface area contributed by atoms with Crippen LogP contribution in [0.3, 0.4) is 0 Å². The topological polar surface area (TPSA) is 80.5 Å². The predicted molar refractivity (Wildman–Crippen MR) is 74.2 cm³/mol. The van der Waals surface area contributed by atoms with Gasteiger partial charge in [-0.25, -0.2) is 9.78 Å². The molecular formula is C14H16N4O3. The molecule has 0 radical (unpaired) electrons. The Balaban J connectivity index is 1.89. The van der Waals surface area contributed by atoms with E-state index in [9.17, 15) is 9.90 Å². The number of rotatable bonds is 2. The van der Waals surface area contributed by atoms with Crippen LogP contribution in [0, 0.1) is 0 Å². The Kier molecular flexibility index (Phi) is 3.47. The molecule has 0 spiro atoms. The Bertz CT molecular complexity index is 654. The van der Waals surface area contributed by atoms with Crippen LogP contribution >= 0.6 is 0 Å². The number of aromatic hydroxyl groups is 1. The van der Waals surface area contributed by atoms with Gasteiger partial charge >= 0.3 is 6.09 Å². The van der Waals surface area contributed by atoms with Gasteiger partial charge in [0, 0.05) is 18.3 Å². The largest absolute Gasteiger partial charge is 0.493 e. The zero-order valence-electron chi connectivity index (χ0n) is 11.7. The van der Waals surface area contributed by atoms with Gasteiger partial charge in [-0.2, -0.15) is 9.78 Å². The number of carbonyl (C=O) groups is 1. The van der Waals surface area contributed by atoms with Gasteiger partial charge in [-0.15, -0.1) is 0 Å². The molecule has 0 saturated heterocycles. The molecule has 0 bridgehead atoms. The molecule has 3 heterocycles. The van der Waals surface area contributed by atoms with E-state index in [-0.39, 0.29) is 12.0 Å². The number of hydrogen-bond acceptors (Lipinski definition) is 5. The van der Waals surface area contributed by atoms with E-state index in [1.54, 1.807) is 30.2 Å². The molecule has 1 amide bonds. The number of carbonyl (C=O) groups excluding carboxylic acids is 1. The van der Waals surface area contributed by atoms with Crippen molar-refractivity contribution in [1.29, 1.82) is 0 Å². The highest BCUT2D eigenvalue weighted by atomic mass is 16.6. The molecule has 0 unspecified atom stereocenters. The molecule has 1 N–H and O–H groups in total. The van der Waals surface area contributed by atoms with Gasteiger partial charge in [0.05, 0.1) is 18.8 Å². The van der Waals surface area contributed by atoms with Crippen LogP contribution < -0.4 is 0 Å². The summed E-state index contributed by atoms with van der Waals surface area (Å²) in [6, 6.07) is 5.39. The lowest BCUT2D eigenvalue weighted by atomic mass is 10.1. The quantitative estimate of drug-likeness (QED) is 0.905. The van der Waals surface area contributed by atoms with Crippen LogP contribution in [-0.2, 0) is 17.7 Å². The minimum absolute atomic E-state index is 0.0900. The van der Waals surface area contributed by atoms with Gasteiger partial charge in [-0.05, 0) is 25.5 Å². The second-order valence-corrected chi connectivity index (χ2v) is 4.72. The first-order valence-electron chi connectivity index (χ1n) is 6.83. The fourth-order valence-corrected chi connectivity index (χ4v) is 2.38. The molecular weight excluding hydrogens is 272 g/mol. The van der Waals surface area contributed by atoms with E-state index in [0.29, 0.717) is 37.6 Å². The maximum Gasteiger partial charge on any atom is 0.410 e. The van der Waals surface area contributed by atoms with E-state index in [1.165, 1.54) is 4.68 Å². The maximum atomic E-state index is 11.8. The summed E-state index contributed by atoms with van der Waals surface area (Å²) in [4.78, 5) is 17.5. The smallest absolute Gasteiger partial charge is 0.410 e. The van der Waals surface area contributed by atoms with Crippen LogP contribution in [0.5, 0.6) is 5.88 Å². The summed E-state index contributed by atoms with van der Waals surface area (Å²) in [6.45, 7) is 2.96. The van der Waals surface area contributed by atoms with Crippen molar-refractivity contribution in [2.24, 2.45) is 0 Å². The Hall–Kier alpha value is -2.57. The van der Waals surface area contributed by atoms with E-state index in [1.807, 2.05) is 6.07 Å². The highest BCUT2D eigenvalue weighted by Crippen LogP contribution is 2.28. The molecule has 3 rings (SSSR count). The molecule has 7 heteroatoms. The Labute approximate surface area is 121 Å². The number of pyridine rings is 1. The van der Waals surface area contributed by atoms with Gasteiger partial charge in [0.15, 0.2) is 5.82 Å². The minimum atomic E-state index is -0.352. The molecule has 21 heavy (non-hydrogen) atoms. The minimum Gasteiger partial charge on any atom is -0.493 e. The van der Waals surface area contributed by atoms with Crippen molar-refractivity contribution in [2.45, 2.75) is 19.9 Å². The number of hydrogen-bond donors (Lipinski definition) is 1. The fourth-order valence-electron chi connectivity index (χ4n) is 2.38. The van der Waals surface area contributed by atoms with Crippen molar-refractivity contribution in [3.05, 3.63) is 35.7 Å². The Morgan fingerprint density at radius 3 is 3.05 bits per heavy atom. The molecule has 0 aromatic carbocycles. The van der Waals surface area contributed by atoms with Crippen LogP contribution in [0.1, 0.15) is 18.2 Å². The van der Waals surface area contributed by atoms with Crippen molar-refractivity contribution in [1.82, 2.24) is 19.7 Å². The van der Waals surface area contributed by atoms with E-state index >= 15 is 0 Å². The highest BCUT2D eigenvalue weighted by molar-refractivity contribution is 5.68. The SMILES string of the molecule is CCOC(=O)N1CCc2c(nn(-c3ccccn3)c2O)C1. The number of amides is 1. The van der Waals surface area contributed by atoms with Crippen LogP contribution in [0.4, 0.5) is 4.79 Å². The average Bonchev–Trinajstić information content (AvgIpc) is 2.85. The normalized spacial score (nSPS) is 13.9. The number of aromatic nitrogens is 3. The monoisotopic (exact) mass is 288 g/mol. The van der Waals surface area contributed by atoms with Gasteiger partial charge in [0.25, 0.3) is 0 Å². The second-order valence-electron chi connectivity index (χ2n) is 4.72. The predicted octanol–water partition coefficient (Wildman–Crippen LogP) is 1.49. The van der Waals surface area contributed by atoms with E-state index in [2.05, 4.69) is 10.1 Å². The third-order valence-electron chi connectivity index (χ3n) is 3.40. The average molecular weight is 288 g/mol. The van der Waals surface area contributed by atoms with E-state index in [4.69, 9.17) is 4.74 Å². The second kappa shape index (κ2) is 5.43. The van der Waals surface area contributed by atoms with Crippen LogP contribution in [0.2, 0.25) is 0 Å². The van der Waals surface area contributed by atoms with Gasteiger partial charge in [0.1, 0.15) is 0 Å². The lowest BCUT2D eigenvalue weighted by Crippen LogP contribution is -2.36. The molecule has 0 saturated carbocycles. The van der Waals surface area contributed by atoms with Crippen LogP contribution in [0.15, 0.2) is 24.4 Å². The first-order valence-corrected chi connectivity index (χ1v) is 6.83. The lowest BCUT2D eigenvalue weighted by molar-refractivity contribution is 0.102. The van der Waals surface area contributed by atoms with Crippen molar-refractivity contribution in [2.75, 3.05) is 13.2 Å². The molecule has 1 aliphatic heterocycles. The van der Waals surface area contributed by atoms with Crippen molar-refractivity contribution >= 4 is 6.09 Å². The van der Waals surface area contributed by atoms with E-state index in [0.717, 1.165) is 5.56 Å². The standard InChI is InChI=1S/C14H16N4O3/c1-2-21-14(20)17-8-6-10-11(9-17)16-18(13(10)19)12-5-3-4-7-15-12/h3-5,7,19H,2,6,8-9H2,1H3. The molecule has 7 nitrogen and oxygen atoms in total. The third kappa shape index (κ3) is 2.42. The number of ether oxygens (including phenoxy) is 1. The zero-order chi connectivity index (χ0) is 14.8. The summed E-state index contributed by atoms with van der Waals surface area (Å²) in [7, 11) is 0. The fraction of sp³-hybridized carbons (Fsp3) is 0.357. The first-order chi connectivity index (χ1) is 10.2. The molecule has 1 aliphatic rings. The summed E-state index contributed by atoms with van der Waals surface area (Å²) in [5.74, 6) is 0.638. The first kappa shape index (κ1) is 13.4. The van der Waals surface area contributed by atoms with Crippen molar-refractivity contribution < 1.29 is 14.6 Å². The van der Waals surface area contributed by atoms with Crippen molar-refractivity contribution in [3.63, 3.8) is 0 Å². The molecule has 0 atom stereocenters. The maximum absolute atomic E-state index is 11.8. The molecule has 0 fully saturated rings. The summed E-state index contributed by atoms with van der Waals surface area (Å²) in [5, 5.41) is 14.7. The highest BCUT2D eigenvalue weighted by Gasteiger charge is 2.28. The Morgan fingerprint density at radius 1 is 1.48 bits per heavy atom. The van der Waals surface area contributed by atoms with Gasteiger partial charge in [-0.1, -0.05) is 6.07 Å². The lowest BCUT2D eigenvalue weighted by Gasteiger charge is -2.24. The third-order valence-corrected chi connectivity index (χ3v) is 3.40. The van der Waals surface area contributed by atoms with Gasteiger partial charge in [-0.3, -0.25) is 0 Å². The summed E-state index contributed by atoms with van der Waals surface area (Å²) in [6.07, 6.45) is 1.84. The summed E-state index contributed by atoms with van der Waals surface area (Å²) < 4.78 is 6.40. The summed E-state index contributed by atoms with van der Waals surface area (Å²) in [5.41, 5.74) is 1.44. The van der Waals surface area contributed by atoms with Gasteiger partial charge in [0.2, 0.25) is 5.88 Å². The van der Waals surface area contributed by atoms with Crippen LogP contribution in [0.25, 0.3) is 5.82 Å². The van der Waals surface area contributed by atoms with Crippen LogP contribution in [-0.4, -0.2) is 44.0 Å². The molecule has 2 aromatic heterocycles. The molecule has 0 aliphatic carbocycles. The molecule has 110 valence electrons. The Morgan fingerprint density at radius 2 is 2.33 bits per heavy atom. The van der Waals surface area contributed by atoms with Gasteiger partial charge < -0.3 is 14.7 Å². The number of nitrogens with zero attached hydrogens (tertiary/aromatic N) is 4. The molecule has 2 aromatic rings. The summed E-state index contributed by atoms with van der Waals surface area (Å²) >= 11 is 0. The number of fused-ring (bicyclic) bond motifs is 1. The van der Waals surface area contributed by atoms with Crippen molar-refractivity contribution in [3.8, 4) is 11.7 Å². The van der Waals surface area contributed by atoms with E-state index < -0.39 is 0 Å². The zero-order valence-corrected chi connectivity index (χ0v) is 11.7.